The first-order chi connectivity index (χ1) is 10.2. The summed E-state index contributed by atoms with van der Waals surface area (Å²) in [6, 6.07) is 1.64. The van der Waals surface area contributed by atoms with E-state index in [4.69, 9.17) is 9.47 Å². The minimum Gasteiger partial charge on any atom is -0.375 e. The highest BCUT2D eigenvalue weighted by Crippen LogP contribution is 2.13. The lowest BCUT2D eigenvalue weighted by atomic mass is 10.1. The van der Waals surface area contributed by atoms with Gasteiger partial charge in [0.05, 0.1) is 32.0 Å². The fourth-order valence-corrected chi connectivity index (χ4v) is 2.85. The van der Waals surface area contributed by atoms with Crippen molar-refractivity contribution in [1.82, 2.24) is 20.0 Å². The van der Waals surface area contributed by atoms with E-state index in [1.165, 1.54) is 0 Å². The van der Waals surface area contributed by atoms with Crippen LogP contribution in [-0.2, 0) is 20.8 Å². The third kappa shape index (κ3) is 3.42. The molecule has 116 valence electrons. The van der Waals surface area contributed by atoms with Crippen LogP contribution in [0.25, 0.3) is 0 Å². The Hall–Kier alpha value is -1.44. The molecule has 0 aromatic carbocycles. The molecule has 0 spiro atoms. The van der Waals surface area contributed by atoms with Gasteiger partial charge in [-0.05, 0) is 13.0 Å². The molecule has 1 amide bonds. The number of nitrogens with zero attached hydrogens (tertiary/aromatic N) is 3. The molecule has 1 aromatic rings. The van der Waals surface area contributed by atoms with Gasteiger partial charge in [-0.25, -0.2) is 0 Å². The van der Waals surface area contributed by atoms with Gasteiger partial charge < -0.3 is 19.7 Å². The zero-order valence-electron chi connectivity index (χ0n) is 12.3. The number of amides is 1. The lowest BCUT2D eigenvalue weighted by Crippen LogP contribution is -2.59. The molecule has 3 heterocycles. The molecule has 2 aliphatic heterocycles. The maximum Gasteiger partial charge on any atom is 0.242 e. The van der Waals surface area contributed by atoms with Crippen molar-refractivity contribution in [3.63, 3.8) is 0 Å². The van der Waals surface area contributed by atoms with Crippen molar-refractivity contribution in [2.45, 2.75) is 31.7 Å². The molecule has 1 aromatic heterocycles. The van der Waals surface area contributed by atoms with Crippen LogP contribution in [0.1, 0.15) is 6.92 Å². The number of hydrogen-bond donors (Lipinski definition) is 1. The molecule has 3 atom stereocenters. The molecule has 2 saturated heterocycles. The van der Waals surface area contributed by atoms with Crippen molar-refractivity contribution < 1.29 is 14.3 Å². The highest BCUT2D eigenvalue weighted by atomic mass is 16.5. The molecule has 2 fully saturated rings. The Morgan fingerprint density at radius 3 is 3.10 bits per heavy atom. The first-order valence-electron chi connectivity index (χ1n) is 7.47. The van der Waals surface area contributed by atoms with Crippen LogP contribution in [0.15, 0.2) is 18.5 Å². The maximum atomic E-state index is 12.6. The molecule has 0 radical (unpaired) electrons. The molecule has 0 bridgehead atoms. The molecular weight excluding hydrogens is 272 g/mol. The van der Waals surface area contributed by atoms with Crippen LogP contribution >= 0.6 is 0 Å². The molecule has 3 rings (SSSR count). The topological polar surface area (TPSA) is 68.6 Å². The van der Waals surface area contributed by atoms with E-state index in [9.17, 15) is 4.79 Å². The monoisotopic (exact) mass is 294 g/mol. The van der Waals surface area contributed by atoms with Gasteiger partial charge in [0.1, 0.15) is 6.04 Å². The molecule has 7 heteroatoms. The van der Waals surface area contributed by atoms with Gasteiger partial charge in [-0.2, -0.15) is 5.10 Å². The minimum atomic E-state index is -0.248. The molecule has 2 aliphatic rings. The van der Waals surface area contributed by atoms with E-state index in [2.05, 4.69) is 10.4 Å². The summed E-state index contributed by atoms with van der Waals surface area (Å²) in [4.78, 5) is 14.5. The molecule has 0 aliphatic carbocycles. The van der Waals surface area contributed by atoms with E-state index in [1.807, 2.05) is 28.8 Å². The van der Waals surface area contributed by atoms with Gasteiger partial charge in [0.2, 0.25) is 5.91 Å². The van der Waals surface area contributed by atoms with E-state index in [0.29, 0.717) is 32.8 Å². The summed E-state index contributed by atoms with van der Waals surface area (Å²) in [6.45, 7) is 5.80. The second-order valence-electron chi connectivity index (χ2n) is 5.51. The van der Waals surface area contributed by atoms with E-state index in [1.54, 1.807) is 6.20 Å². The number of rotatable bonds is 3. The van der Waals surface area contributed by atoms with E-state index < -0.39 is 0 Å². The van der Waals surface area contributed by atoms with Gasteiger partial charge >= 0.3 is 0 Å². The zero-order valence-corrected chi connectivity index (χ0v) is 12.3. The van der Waals surface area contributed by atoms with Gasteiger partial charge in [0, 0.05) is 32.0 Å². The van der Waals surface area contributed by atoms with Crippen molar-refractivity contribution in [2.75, 3.05) is 32.8 Å². The summed E-state index contributed by atoms with van der Waals surface area (Å²) in [6.07, 6.45) is 3.56. The Morgan fingerprint density at radius 1 is 1.43 bits per heavy atom. The predicted molar refractivity (Wildman–Crippen MR) is 75.8 cm³/mol. The highest BCUT2D eigenvalue weighted by molar-refractivity contribution is 5.82. The number of carbonyl (C=O) groups excluding carboxylic acids is 1. The van der Waals surface area contributed by atoms with Crippen molar-refractivity contribution in [3.05, 3.63) is 18.5 Å². The number of nitrogens with one attached hydrogen (secondary N) is 1. The molecule has 21 heavy (non-hydrogen) atoms. The number of aromatic nitrogens is 2. The molecule has 7 nitrogen and oxygen atoms in total. The Labute approximate surface area is 124 Å². The van der Waals surface area contributed by atoms with Gasteiger partial charge in [-0.3, -0.25) is 9.48 Å². The van der Waals surface area contributed by atoms with Gasteiger partial charge in [0.25, 0.3) is 0 Å². The smallest absolute Gasteiger partial charge is 0.242 e. The van der Waals surface area contributed by atoms with Crippen molar-refractivity contribution >= 4 is 5.91 Å². The van der Waals surface area contributed by atoms with Crippen LogP contribution in [0.4, 0.5) is 0 Å². The SMILES string of the molecule is C[C@H]1OCCN[C@@H]1C(=O)N1CCOC(Cn2cccn2)C1. The molecular formula is C14H22N4O3. The molecule has 1 unspecified atom stereocenters. The average Bonchev–Trinajstić information content (AvgIpc) is 3.00. The summed E-state index contributed by atoms with van der Waals surface area (Å²) < 4.78 is 13.1. The van der Waals surface area contributed by atoms with Crippen LogP contribution in [0.2, 0.25) is 0 Å². The number of ether oxygens (including phenoxy) is 2. The quantitative estimate of drug-likeness (QED) is 0.813. The predicted octanol–water partition coefficient (Wildman–Crippen LogP) is -0.513. The Bertz CT molecular complexity index is 465. The maximum absolute atomic E-state index is 12.6. The summed E-state index contributed by atoms with van der Waals surface area (Å²) in [7, 11) is 0. The number of hydrogen-bond acceptors (Lipinski definition) is 5. The Morgan fingerprint density at radius 2 is 2.33 bits per heavy atom. The lowest BCUT2D eigenvalue weighted by Gasteiger charge is -2.38. The van der Waals surface area contributed by atoms with Crippen LogP contribution in [0, 0.1) is 0 Å². The first kappa shape index (κ1) is 14.5. The van der Waals surface area contributed by atoms with Gasteiger partial charge in [-0.1, -0.05) is 0 Å². The first-order valence-corrected chi connectivity index (χ1v) is 7.47. The number of carbonyl (C=O) groups is 1. The number of morpholine rings is 2. The van der Waals surface area contributed by atoms with E-state index in [-0.39, 0.29) is 24.2 Å². The fraction of sp³-hybridized carbons (Fsp3) is 0.714. The Kier molecular flexibility index (Phi) is 4.52. The summed E-state index contributed by atoms with van der Waals surface area (Å²) in [5.41, 5.74) is 0. The molecule has 0 saturated carbocycles. The third-order valence-corrected chi connectivity index (χ3v) is 3.98. The van der Waals surface area contributed by atoms with Crippen LogP contribution < -0.4 is 5.32 Å². The Balaban J connectivity index is 1.58. The zero-order chi connectivity index (χ0) is 14.7. The summed E-state index contributed by atoms with van der Waals surface area (Å²) in [5, 5.41) is 7.43. The normalized spacial score (nSPS) is 30.3. The van der Waals surface area contributed by atoms with Crippen molar-refractivity contribution in [1.29, 1.82) is 0 Å². The summed E-state index contributed by atoms with van der Waals surface area (Å²) >= 11 is 0. The minimum absolute atomic E-state index is 0.0117. The average molecular weight is 294 g/mol. The largest absolute Gasteiger partial charge is 0.375 e. The second kappa shape index (κ2) is 6.55. The molecule has 1 N–H and O–H groups in total. The van der Waals surface area contributed by atoms with Gasteiger partial charge in [0.15, 0.2) is 0 Å². The van der Waals surface area contributed by atoms with Crippen LogP contribution in [0.3, 0.4) is 0 Å². The van der Waals surface area contributed by atoms with Crippen molar-refractivity contribution in [2.24, 2.45) is 0 Å². The van der Waals surface area contributed by atoms with E-state index >= 15 is 0 Å². The standard InChI is InChI=1S/C14H22N4O3/c1-11-13(15-4-7-20-11)14(19)17-6-8-21-12(9-17)10-18-5-2-3-16-18/h2-3,5,11-13,15H,4,6-10H2,1H3/t11-,12?,13+/m1/s1. The lowest BCUT2D eigenvalue weighted by molar-refractivity contribution is -0.147. The third-order valence-electron chi connectivity index (χ3n) is 3.98. The van der Waals surface area contributed by atoms with Crippen molar-refractivity contribution in [3.8, 4) is 0 Å². The second-order valence-corrected chi connectivity index (χ2v) is 5.51. The van der Waals surface area contributed by atoms with Crippen LogP contribution in [-0.4, -0.2) is 71.7 Å². The van der Waals surface area contributed by atoms with E-state index in [0.717, 1.165) is 6.54 Å². The van der Waals surface area contributed by atoms with Crippen LogP contribution in [0.5, 0.6) is 0 Å². The summed E-state index contributed by atoms with van der Waals surface area (Å²) in [5.74, 6) is 0.107. The fourth-order valence-electron chi connectivity index (χ4n) is 2.85. The highest BCUT2D eigenvalue weighted by Gasteiger charge is 2.34. The van der Waals surface area contributed by atoms with Gasteiger partial charge in [-0.15, -0.1) is 0 Å².